The van der Waals surface area contributed by atoms with Crippen LogP contribution in [0, 0.1) is 0 Å². The molecule has 0 spiro atoms. The summed E-state index contributed by atoms with van der Waals surface area (Å²) in [4.78, 5) is 22.6. The monoisotopic (exact) mass is 300 g/mol. The number of ether oxygens (including phenoxy) is 1. The summed E-state index contributed by atoms with van der Waals surface area (Å²) >= 11 is 5.93. The third-order valence-corrected chi connectivity index (χ3v) is 2.96. The summed E-state index contributed by atoms with van der Waals surface area (Å²) in [5.41, 5.74) is -0.662. The summed E-state index contributed by atoms with van der Waals surface area (Å²) in [6.07, 6.45) is 0. The average Bonchev–Trinajstić information content (AvgIpc) is 2.36. The van der Waals surface area contributed by atoms with Gasteiger partial charge in [0.25, 0.3) is 0 Å². The first kappa shape index (κ1) is 16.3. The molecule has 20 heavy (non-hydrogen) atoms. The molecule has 0 aliphatic rings. The Kier molecular flexibility index (Phi) is 5.35. The standard InChI is InChI=1S/C13H17ClN2O4/c1-13(2,12(18)19)15-7-11(17)16-8-4-5-10(20-3)9(14)6-8/h4-6,15H,7H2,1-3H3,(H,16,17)(H,18,19). The predicted molar refractivity (Wildman–Crippen MR) is 76.4 cm³/mol. The second-order valence-corrected chi connectivity index (χ2v) is 5.09. The van der Waals surface area contributed by atoms with Gasteiger partial charge in [-0.25, -0.2) is 0 Å². The fourth-order valence-corrected chi connectivity index (χ4v) is 1.58. The van der Waals surface area contributed by atoms with Gasteiger partial charge >= 0.3 is 5.97 Å². The molecule has 0 unspecified atom stereocenters. The summed E-state index contributed by atoms with van der Waals surface area (Å²) in [5.74, 6) is -0.881. The Balaban J connectivity index is 2.59. The fourth-order valence-electron chi connectivity index (χ4n) is 1.33. The van der Waals surface area contributed by atoms with Crippen molar-refractivity contribution >= 4 is 29.2 Å². The molecule has 1 aromatic rings. The molecule has 3 N–H and O–H groups in total. The highest BCUT2D eigenvalue weighted by Gasteiger charge is 2.26. The number of carbonyl (C=O) groups is 2. The van der Waals surface area contributed by atoms with Gasteiger partial charge in [-0.05, 0) is 32.0 Å². The number of carbonyl (C=O) groups excluding carboxylic acids is 1. The van der Waals surface area contributed by atoms with Gasteiger partial charge in [-0.15, -0.1) is 0 Å². The Morgan fingerprint density at radius 1 is 1.40 bits per heavy atom. The van der Waals surface area contributed by atoms with E-state index in [1.165, 1.54) is 21.0 Å². The van der Waals surface area contributed by atoms with Crippen LogP contribution >= 0.6 is 11.6 Å². The largest absolute Gasteiger partial charge is 0.495 e. The van der Waals surface area contributed by atoms with E-state index in [0.29, 0.717) is 16.5 Å². The molecule has 1 rings (SSSR count). The number of aliphatic carboxylic acids is 1. The number of hydrogen-bond donors (Lipinski definition) is 3. The normalized spacial score (nSPS) is 11.0. The quantitative estimate of drug-likeness (QED) is 0.745. The summed E-state index contributed by atoms with van der Waals surface area (Å²) in [6, 6.07) is 4.83. The number of carboxylic acid groups (broad SMARTS) is 1. The molecule has 1 aromatic carbocycles. The minimum absolute atomic E-state index is 0.122. The molecule has 0 atom stereocenters. The zero-order valence-electron chi connectivity index (χ0n) is 11.5. The average molecular weight is 301 g/mol. The molecule has 6 nitrogen and oxygen atoms in total. The van der Waals surface area contributed by atoms with Crippen LogP contribution in [0.5, 0.6) is 5.75 Å². The van der Waals surface area contributed by atoms with Gasteiger partial charge < -0.3 is 15.2 Å². The highest BCUT2D eigenvalue weighted by atomic mass is 35.5. The number of hydrogen-bond acceptors (Lipinski definition) is 4. The third-order valence-electron chi connectivity index (χ3n) is 2.66. The Bertz CT molecular complexity index is 517. The minimum Gasteiger partial charge on any atom is -0.495 e. The number of anilines is 1. The van der Waals surface area contributed by atoms with Crippen molar-refractivity contribution in [2.75, 3.05) is 19.0 Å². The summed E-state index contributed by atoms with van der Waals surface area (Å²) in [6.45, 7) is 2.84. The Labute approximate surface area is 122 Å². The Morgan fingerprint density at radius 2 is 2.05 bits per heavy atom. The molecule has 0 bridgehead atoms. The maximum Gasteiger partial charge on any atom is 0.323 e. The lowest BCUT2D eigenvalue weighted by molar-refractivity contribution is -0.143. The van der Waals surface area contributed by atoms with E-state index >= 15 is 0 Å². The molecule has 7 heteroatoms. The van der Waals surface area contributed by atoms with Crippen molar-refractivity contribution in [3.05, 3.63) is 23.2 Å². The molecular weight excluding hydrogens is 284 g/mol. The van der Waals surface area contributed by atoms with Crippen molar-refractivity contribution in [3.63, 3.8) is 0 Å². The zero-order valence-corrected chi connectivity index (χ0v) is 12.2. The number of nitrogens with one attached hydrogen (secondary N) is 2. The molecule has 110 valence electrons. The molecule has 0 saturated carbocycles. The van der Waals surface area contributed by atoms with Gasteiger partial charge in [-0.1, -0.05) is 11.6 Å². The fraction of sp³-hybridized carbons (Fsp3) is 0.385. The van der Waals surface area contributed by atoms with E-state index in [-0.39, 0.29) is 12.5 Å². The van der Waals surface area contributed by atoms with Gasteiger partial charge in [-0.2, -0.15) is 0 Å². The minimum atomic E-state index is -1.17. The number of carboxylic acids is 1. The Hall–Kier alpha value is -1.79. The van der Waals surface area contributed by atoms with E-state index in [0.717, 1.165) is 0 Å². The summed E-state index contributed by atoms with van der Waals surface area (Å²) in [7, 11) is 1.50. The molecule has 0 heterocycles. The van der Waals surface area contributed by atoms with Crippen molar-refractivity contribution in [3.8, 4) is 5.75 Å². The molecular formula is C13H17ClN2O4. The highest BCUT2D eigenvalue weighted by molar-refractivity contribution is 6.32. The summed E-state index contributed by atoms with van der Waals surface area (Å²) in [5, 5.41) is 14.5. The van der Waals surface area contributed by atoms with Crippen LogP contribution in [0.1, 0.15) is 13.8 Å². The van der Waals surface area contributed by atoms with Gasteiger partial charge in [-0.3, -0.25) is 14.9 Å². The lowest BCUT2D eigenvalue weighted by Gasteiger charge is -2.20. The van der Waals surface area contributed by atoms with Gasteiger partial charge in [0.2, 0.25) is 5.91 Å². The van der Waals surface area contributed by atoms with Gasteiger partial charge in [0.1, 0.15) is 11.3 Å². The molecule has 0 fully saturated rings. The highest BCUT2D eigenvalue weighted by Crippen LogP contribution is 2.27. The topological polar surface area (TPSA) is 87.7 Å². The van der Waals surface area contributed by atoms with Crippen molar-refractivity contribution in [1.29, 1.82) is 0 Å². The van der Waals surface area contributed by atoms with Crippen LogP contribution < -0.4 is 15.4 Å². The number of methoxy groups -OCH3 is 1. The smallest absolute Gasteiger partial charge is 0.323 e. The van der Waals surface area contributed by atoms with Gasteiger partial charge in [0.05, 0.1) is 18.7 Å². The zero-order chi connectivity index (χ0) is 15.3. The molecule has 1 amide bonds. The maximum absolute atomic E-state index is 11.7. The Morgan fingerprint density at radius 3 is 2.55 bits per heavy atom. The third kappa shape index (κ3) is 4.40. The van der Waals surface area contributed by atoms with Crippen LogP contribution in [0.15, 0.2) is 18.2 Å². The van der Waals surface area contributed by atoms with E-state index in [1.807, 2.05) is 0 Å². The SMILES string of the molecule is COc1ccc(NC(=O)CNC(C)(C)C(=O)O)cc1Cl. The van der Waals surface area contributed by atoms with Crippen LogP contribution in [0.25, 0.3) is 0 Å². The second kappa shape index (κ2) is 6.58. The number of benzene rings is 1. The molecule has 0 aliphatic carbocycles. The van der Waals surface area contributed by atoms with E-state index in [9.17, 15) is 9.59 Å². The molecule has 0 saturated heterocycles. The lowest BCUT2D eigenvalue weighted by Crippen LogP contribution is -2.49. The first-order valence-electron chi connectivity index (χ1n) is 5.88. The van der Waals surface area contributed by atoms with Crippen LogP contribution in [-0.2, 0) is 9.59 Å². The molecule has 0 aromatic heterocycles. The van der Waals surface area contributed by atoms with Gasteiger partial charge in [0, 0.05) is 5.69 Å². The maximum atomic E-state index is 11.7. The van der Waals surface area contributed by atoms with Crippen molar-refractivity contribution in [1.82, 2.24) is 5.32 Å². The number of halogens is 1. The van der Waals surface area contributed by atoms with Gasteiger partial charge in [0.15, 0.2) is 0 Å². The van der Waals surface area contributed by atoms with Crippen LogP contribution in [-0.4, -0.2) is 36.2 Å². The summed E-state index contributed by atoms with van der Waals surface area (Å²) < 4.78 is 5.00. The molecule has 0 aliphatic heterocycles. The first-order valence-corrected chi connectivity index (χ1v) is 6.26. The van der Waals surface area contributed by atoms with E-state index in [1.54, 1.807) is 18.2 Å². The molecule has 0 radical (unpaired) electrons. The first-order chi connectivity index (χ1) is 9.26. The van der Waals surface area contributed by atoms with Crippen LogP contribution in [0.2, 0.25) is 5.02 Å². The van der Waals surface area contributed by atoms with E-state index in [4.69, 9.17) is 21.4 Å². The number of amides is 1. The van der Waals surface area contributed by atoms with Crippen LogP contribution in [0.4, 0.5) is 5.69 Å². The lowest BCUT2D eigenvalue weighted by atomic mass is 10.1. The predicted octanol–water partition coefficient (Wildman–Crippen LogP) is 1.74. The van der Waals surface area contributed by atoms with Crippen molar-refractivity contribution < 1.29 is 19.4 Å². The van der Waals surface area contributed by atoms with E-state index in [2.05, 4.69) is 10.6 Å². The number of rotatable bonds is 6. The second-order valence-electron chi connectivity index (χ2n) is 4.68. The van der Waals surface area contributed by atoms with Crippen molar-refractivity contribution in [2.24, 2.45) is 0 Å². The van der Waals surface area contributed by atoms with Crippen LogP contribution in [0.3, 0.4) is 0 Å². The van der Waals surface area contributed by atoms with Crippen molar-refractivity contribution in [2.45, 2.75) is 19.4 Å². The van der Waals surface area contributed by atoms with E-state index < -0.39 is 11.5 Å².